The minimum Gasteiger partial charge on any atom is -0.486 e. The predicted molar refractivity (Wildman–Crippen MR) is 71.4 cm³/mol. The van der Waals surface area contributed by atoms with Crippen LogP contribution in [0.25, 0.3) is 0 Å². The lowest BCUT2D eigenvalue weighted by molar-refractivity contribution is -0.136. The third kappa shape index (κ3) is 3.77. The second kappa shape index (κ2) is 6.47. The Balaban J connectivity index is 1.97. The van der Waals surface area contributed by atoms with Gasteiger partial charge in [-0.3, -0.25) is 9.59 Å². The van der Waals surface area contributed by atoms with E-state index in [9.17, 15) is 9.59 Å². The molecule has 0 aromatic heterocycles. The zero-order chi connectivity index (χ0) is 14.5. The van der Waals surface area contributed by atoms with Gasteiger partial charge in [0.1, 0.15) is 13.2 Å². The molecule has 0 spiro atoms. The van der Waals surface area contributed by atoms with Gasteiger partial charge in [0.25, 0.3) is 0 Å². The third-order valence-corrected chi connectivity index (χ3v) is 2.96. The maximum atomic E-state index is 11.7. The molecule has 20 heavy (non-hydrogen) atoms. The van der Waals surface area contributed by atoms with Crippen LogP contribution in [-0.2, 0) is 16.0 Å². The Morgan fingerprint density at radius 3 is 2.80 bits per heavy atom. The minimum atomic E-state index is -0.951. The van der Waals surface area contributed by atoms with Gasteiger partial charge in [-0.05, 0) is 17.7 Å². The first-order valence-corrected chi connectivity index (χ1v) is 6.50. The lowest BCUT2D eigenvalue weighted by atomic mass is 10.1. The van der Waals surface area contributed by atoms with E-state index in [4.69, 9.17) is 26.2 Å². The molecule has 0 saturated heterocycles. The number of rotatable bonds is 5. The highest BCUT2D eigenvalue weighted by Gasteiger charge is 2.17. The number of halogens is 1. The Bertz CT molecular complexity index is 532. The molecule has 0 saturated carbocycles. The first-order chi connectivity index (χ1) is 9.56. The summed E-state index contributed by atoms with van der Waals surface area (Å²) in [5.74, 6) is -0.197. The van der Waals surface area contributed by atoms with Crippen LogP contribution in [0, 0.1) is 0 Å². The number of fused-ring (bicyclic) bond motifs is 1. The van der Waals surface area contributed by atoms with E-state index in [2.05, 4.69) is 5.32 Å². The van der Waals surface area contributed by atoms with Crippen LogP contribution in [0.5, 0.6) is 11.5 Å². The highest BCUT2D eigenvalue weighted by atomic mass is 35.5. The number of amides is 1. The molecule has 0 radical (unpaired) electrons. The summed E-state index contributed by atoms with van der Waals surface area (Å²) in [6.45, 7) is 0.992. The van der Waals surface area contributed by atoms with E-state index >= 15 is 0 Å². The van der Waals surface area contributed by atoms with Crippen molar-refractivity contribution in [3.8, 4) is 11.5 Å². The molecular formula is C13H14ClNO5. The fourth-order valence-corrected chi connectivity index (χ4v) is 2.11. The molecule has 2 rings (SSSR count). The van der Waals surface area contributed by atoms with E-state index in [1.165, 1.54) is 0 Å². The van der Waals surface area contributed by atoms with Gasteiger partial charge in [0.05, 0.1) is 17.9 Å². The summed E-state index contributed by atoms with van der Waals surface area (Å²) in [6, 6.07) is 3.35. The summed E-state index contributed by atoms with van der Waals surface area (Å²) in [4.78, 5) is 22.0. The number of hydrogen-bond acceptors (Lipinski definition) is 4. The minimum absolute atomic E-state index is 0.104. The van der Waals surface area contributed by atoms with Crippen LogP contribution in [0.1, 0.15) is 12.0 Å². The van der Waals surface area contributed by atoms with Crippen LogP contribution in [-0.4, -0.2) is 36.7 Å². The van der Waals surface area contributed by atoms with Crippen molar-refractivity contribution < 1.29 is 24.2 Å². The molecule has 2 N–H and O–H groups in total. The predicted octanol–water partition coefficient (Wildman–Crippen LogP) is 1.24. The van der Waals surface area contributed by atoms with E-state index in [1.54, 1.807) is 12.1 Å². The number of carboxylic acid groups (broad SMARTS) is 1. The Morgan fingerprint density at radius 2 is 2.05 bits per heavy atom. The SMILES string of the molecule is O=C(O)CCNC(=O)Cc1cc(Cl)c2c(c1)OCCO2. The molecule has 0 aliphatic carbocycles. The molecule has 6 nitrogen and oxygen atoms in total. The van der Waals surface area contributed by atoms with Gasteiger partial charge in [-0.25, -0.2) is 0 Å². The highest BCUT2D eigenvalue weighted by Crippen LogP contribution is 2.38. The molecule has 1 aromatic rings. The molecule has 1 heterocycles. The van der Waals surface area contributed by atoms with Gasteiger partial charge in [-0.15, -0.1) is 0 Å². The number of ether oxygens (including phenoxy) is 2. The van der Waals surface area contributed by atoms with Crippen LogP contribution in [0.15, 0.2) is 12.1 Å². The summed E-state index contributed by atoms with van der Waals surface area (Å²) >= 11 is 6.06. The lowest BCUT2D eigenvalue weighted by Gasteiger charge is -2.20. The van der Waals surface area contributed by atoms with Gasteiger partial charge in [-0.1, -0.05) is 11.6 Å². The summed E-state index contributed by atoms with van der Waals surface area (Å²) < 4.78 is 10.8. The third-order valence-electron chi connectivity index (χ3n) is 2.68. The summed E-state index contributed by atoms with van der Waals surface area (Å²) in [5, 5.41) is 11.4. The number of nitrogens with one attached hydrogen (secondary N) is 1. The number of carboxylic acids is 1. The summed E-state index contributed by atoms with van der Waals surface area (Å²) in [7, 11) is 0. The number of carbonyl (C=O) groups is 2. The van der Waals surface area contributed by atoms with Gasteiger partial charge < -0.3 is 19.9 Å². The van der Waals surface area contributed by atoms with Crippen molar-refractivity contribution in [1.82, 2.24) is 5.32 Å². The second-order valence-corrected chi connectivity index (χ2v) is 4.68. The van der Waals surface area contributed by atoms with Gasteiger partial charge >= 0.3 is 5.97 Å². The van der Waals surface area contributed by atoms with Crippen LogP contribution in [0.3, 0.4) is 0 Å². The molecule has 1 aromatic carbocycles. The molecular weight excluding hydrogens is 286 g/mol. The Kier molecular flexibility index (Phi) is 4.68. The topological polar surface area (TPSA) is 84.9 Å². The highest BCUT2D eigenvalue weighted by molar-refractivity contribution is 6.32. The quantitative estimate of drug-likeness (QED) is 0.854. The van der Waals surface area contributed by atoms with Gasteiger partial charge in [0.2, 0.25) is 5.91 Å². The normalized spacial score (nSPS) is 12.8. The Morgan fingerprint density at radius 1 is 1.30 bits per heavy atom. The van der Waals surface area contributed by atoms with Crippen molar-refractivity contribution in [2.75, 3.05) is 19.8 Å². The van der Waals surface area contributed by atoms with Crippen molar-refractivity contribution in [2.45, 2.75) is 12.8 Å². The van der Waals surface area contributed by atoms with E-state index in [0.717, 1.165) is 0 Å². The maximum absolute atomic E-state index is 11.7. The lowest BCUT2D eigenvalue weighted by Crippen LogP contribution is -2.27. The monoisotopic (exact) mass is 299 g/mol. The molecule has 0 fully saturated rings. The first-order valence-electron chi connectivity index (χ1n) is 6.13. The fourth-order valence-electron chi connectivity index (χ4n) is 1.82. The van der Waals surface area contributed by atoms with Crippen LogP contribution >= 0.6 is 11.6 Å². The van der Waals surface area contributed by atoms with Crippen LogP contribution < -0.4 is 14.8 Å². The molecule has 1 amide bonds. The van der Waals surface area contributed by atoms with E-state index in [0.29, 0.717) is 35.3 Å². The van der Waals surface area contributed by atoms with E-state index in [1.807, 2.05) is 0 Å². The zero-order valence-corrected chi connectivity index (χ0v) is 11.4. The van der Waals surface area contributed by atoms with Crippen LogP contribution in [0.4, 0.5) is 0 Å². The number of carbonyl (C=O) groups excluding carboxylic acids is 1. The van der Waals surface area contributed by atoms with Crippen molar-refractivity contribution in [3.63, 3.8) is 0 Å². The molecule has 0 unspecified atom stereocenters. The zero-order valence-electron chi connectivity index (χ0n) is 10.6. The standard InChI is InChI=1S/C13H14ClNO5/c14-9-5-8(6-10-13(9)20-4-3-19-10)7-11(16)15-2-1-12(17)18/h5-6H,1-4,7H2,(H,15,16)(H,17,18). The van der Waals surface area contributed by atoms with E-state index in [-0.39, 0.29) is 25.3 Å². The first kappa shape index (κ1) is 14.5. The van der Waals surface area contributed by atoms with Crippen molar-refractivity contribution in [3.05, 3.63) is 22.7 Å². The van der Waals surface area contributed by atoms with Gasteiger partial charge in [0.15, 0.2) is 11.5 Å². The maximum Gasteiger partial charge on any atom is 0.305 e. The average molecular weight is 300 g/mol. The van der Waals surface area contributed by atoms with Crippen molar-refractivity contribution >= 4 is 23.5 Å². The number of benzene rings is 1. The van der Waals surface area contributed by atoms with Crippen LogP contribution in [0.2, 0.25) is 5.02 Å². The molecule has 0 bridgehead atoms. The largest absolute Gasteiger partial charge is 0.486 e. The summed E-state index contributed by atoms with van der Waals surface area (Å²) in [6.07, 6.45) is 0.00359. The number of aliphatic carboxylic acids is 1. The molecule has 1 aliphatic heterocycles. The Hall–Kier alpha value is -1.95. The molecule has 7 heteroatoms. The van der Waals surface area contributed by atoms with Crippen molar-refractivity contribution in [2.24, 2.45) is 0 Å². The molecule has 1 aliphatic rings. The second-order valence-electron chi connectivity index (χ2n) is 4.27. The van der Waals surface area contributed by atoms with Gasteiger partial charge in [0, 0.05) is 6.54 Å². The van der Waals surface area contributed by atoms with E-state index < -0.39 is 5.97 Å². The Labute approximate surface area is 120 Å². The van der Waals surface area contributed by atoms with Gasteiger partial charge in [-0.2, -0.15) is 0 Å². The van der Waals surface area contributed by atoms with Crippen molar-refractivity contribution in [1.29, 1.82) is 0 Å². The molecule has 108 valence electrons. The molecule has 0 atom stereocenters. The fraction of sp³-hybridized carbons (Fsp3) is 0.385. The summed E-state index contributed by atoms with van der Waals surface area (Å²) in [5.41, 5.74) is 0.687. The average Bonchev–Trinajstić information content (AvgIpc) is 2.38. The number of hydrogen-bond donors (Lipinski definition) is 2. The smallest absolute Gasteiger partial charge is 0.305 e.